The van der Waals surface area contributed by atoms with E-state index in [0.29, 0.717) is 12.6 Å². The number of rotatable bonds is 8. The van der Waals surface area contributed by atoms with Crippen LogP contribution in [0.25, 0.3) is 0 Å². The lowest BCUT2D eigenvalue weighted by molar-refractivity contribution is 0.185. The van der Waals surface area contributed by atoms with E-state index in [4.69, 9.17) is 10.5 Å². The van der Waals surface area contributed by atoms with E-state index in [1.165, 1.54) is 0 Å². The van der Waals surface area contributed by atoms with Crippen molar-refractivity contribution in [1.29, 1.82) is 0 Å². The Labute approximate surface area is 128 Å². The minimum Gasteiger partial charge on any atom is -0.380 e. The molecule has 0 radical (unpaired) electrons. The first-order valence-electron chi connectivity index (χ1n) is 7.74. The van der Waals surface area contributed by atoms with Crippen LogP contribution in [0, 0.1) is 5.41 Å². The van der Waals surface area contributed by atoms with Crippen molar-refractivity contribution in [1.82, 2.24) is 0 Å². The van der Waals surface area contributed by atoms with Gasteiger partial charge in [-0.2, -0.15) is 0 Å². The van der Waals surface area contributed by atoms with Crippen molar-refractivity contribution < 1.29 is 4.74 Å². The summed E-state index contributed by atoms with van der Waals surface area (Å²) in [6.45, 7) is 7.99. The molecule has 0 fully saturated rings. The number of nitrogens with zero attached hydrogens (tertiary/aromatic N) is 1. The van der Waals surface area contributed by atoms with Crippen molar-refractivity contribution in [3.63, 3.8) is 0 Å². The highest BCUT2D eigenvalue weighted by Crippen LogP contribution is 2.30. The van der Waals surface area contributed by atoms with Gasteiger partial charge < -0.3 is 15.8 Å². The number of methoxy groups -OCH3 is 1. The van der Waals surface area contributed by atoms with E-state index in [-0.39, 0.29) is 5.41 Å². The molecule has 118 valence electrons. The maximum atomic E-state index is 6.04. The minimum absolute atomic E-state index is 0.262. The molecule has 21 heavy (non-hydrogen) atoms. The molecule has 0 bridgehead atoms. The molecule has 0 unspecified atom stereocenters. The Morgan fingerprint density at radius 2 is 1.81 bits per heavy atom. The number of hydrogen-bond donors (Lipinski definition) is 2. The fourth-order valence-electron chi connectivity index (χ4n) is 2.44. The molecule has 0 atom stereocenters. The van der Waals surface area contributed by atoms with E-state index in [9.17, 15) is 0 Å². The van der Waals surface area contributed by atoms with Crippen molar-refractivity contribution >= 4 is 11.6 Å². The van der Waals surface area contributed by atoms with E-state index >= 15 is 0 Å². The number of nitrogens with two attached hydrogens (primary N) is 1. The predicted octanol–water partition coefficient (Wildman–Crippen LogP) is 3.78. The van der Waals surface area contributed by atoms with Crippen LogP contribution < -0.4 is 11.1 Å². The Morgan fingerprint density at radius 3 is 2.38 bits per heavy atom. The predicted molar refractivity (Wildman–Crippen MR) is 90.6 cm³/mol. The van der Waals surface area contributed by atoms with E-state index in [1.807, 2.05) is 24.3 Å². The van der Waals surface area contributed by atoms with Gasteiger partial charge in [0.1, 0.15) is 0 Å². The molecule has 0 amide bonds. The highest BCUT2D eigenvalue weighted by molar-refractivity contribution is 5.92. The Hall–Kier alpha value is -1.55. The normalized spacial score (nSPS) is 12.5. The van der Waals surface area contributed by atoms with Crippen molar-refractivity contribution in [3.05, 3.63) is 29.8 Å². The second-order valence-corrected chi connectivity index (χ2v) is 5.48. The van der Waals surface area contributed by atoms with Crippen LogP contribution in [0.3, 0.4) is 0 Å². The van der Waals surface area contributed by atoms with Gasteiger partial charge in [0.2, 0.25) is 0 Å². The van der Waals surface area contributed by atoms with Crippen molar-refractivity contribution in [2.75, 3.05) is 19.0 Å². The summed E-state index contributed by atoms with van der Waals surface area (Å²) in [6, 6.07) is 7.98. The average molecular weight is 291 g/mol. The summed E-state index contributed by atoms with van der Waals surface area (Å²) in [4.78, 5) is 4.55. The first kappa shape index (κ1) is 17.5. The zero-order valence-electron chi connectivity index (χ0n) is 13.8. The lowest BCUT2D eigenvalue weighted by atomic mass is 9.80. The van der Waals surface area contributed by atoms with Gasteiger partial charge in [0, 0.05) is 24.9 Å². The van der Waals surface area contributed by atoms with E-state index in [2.05, 4.69) is 31.1 Å². The first-order valence-corrected chi connectivity index (χ1v) is 7.74. The van der Waals surface area contributed by atoms with Gasteiger partial charge in [-0.05, 0) is 30.7 Å². The molecule has 1 rings (SSSR count). The number of guanidine groups is 1. The van der Waals surface area contributed by atoms with Crippen LogP contribution in [0.1, 0.15) is 45.6 Å². The molecule has 0 saturated carbocycles. The largest absolute Gasteiger partial charge is 0.380 e. The van der Waals surface area contributed by atoms with Gasteiger partial charge in [-0.25, -0.2) is 0 Å². The molecule has 1 aromatic carbocycles. The quantitative estimate of drug-likeness (QED) is 0.566. The van der Waals surface area contributed by atoms with Gasteiger partial charge in [-0.3, -0.25) is 4.99 Å². The molecule has 0 heterocycles. The highest BCUT2D eigenvalue weighted by Gasteiger charge is 2.23. The zero-order valence-corrected chi connectivity index (χ0v) is 13.8. The lowest BCUT2D eigenvalue weighted by Crippen LogP contribution is -2.28. The summed E-state index contributed by atoms with van der Waals surface area (Å²) in [5, 5.41) is 3.19. The second-order valence-electron chi connectivity index (χ2n) is 5.48. The molecule has 0 aliphatic rings. The number of benzene rings is 1. The molecule has 1 aromatic rings. The summed E-state index contributed by atoms with van der Waals surface area (Å²) in [7, 11) is 1.69. The van der Waals surface area contributed by atoms with Crippen LogP contribution in [-0.2, 0) is 11.3 Å². The van der Waals surface area contributed by atoms with Crippen LogP contribution in [0.15, 0.2) is 29.3 Å². The van der Waals surface area contributed by atoms with Gasteiger partial charge >= 0.3 is 0 Å². The fraction of sp³-hybridized carbons (Fsp3) is 0.588. The van der Waals surface area contributed by atoms with Crippen LogP contribution >= 0.6 is 0 Å². The fourth-order valence-corrected chi connectivity index (χ4v) is 2.44. The summed E-state index contributed by atoms with van der Waals surface area (Å²) >= 11 is 0. The van der Waals surface area contributed by atoms with Gasteiger partial charge in [-0.15, -0.1) is 0 Å². The number of ether oxygens (including phenoxy) is 1. The van der Waals surface area contributed by atoms with E-state index in [0.717, 1.165) is 37.1 Å². The summed E-state index contributed by atoms with van der Waals surface area (Å²) < 4.78 is 5.20. The molecule has 4 nitrogen and oxygen atoms in total. The van der Waals surface area contributed by atoms with Gasteiger partial charge in [-0.1, -0.05) is 39.0 Å². The zero-order chi connectivity index (χ0) is 15.7. The minimum atomic E-state index is 0.262. The first-order chi connectivity index (χ1) is 10.1. The van der Waals surface area contributed by atoms with Crippen LogP contribution in [-0.4, -0.2) is 19.6 Å². The maximum absolute atomic E-state index is 6.04. The number of para-hydroxylation sites is 1. The highest BCUT2D eigenvalue weighted by atomic mass is 16.5. The summed E-state index contributed by atoms with van der Waals surface area (Å²) in [6.07, 6.45) is 3.37. The Morgan fingerprint density at radius 1 is 1.19 bits per heavy atom. The number of aliphatic imine (C=N–C) groups is 1. The standard InChI is InChI=1S/C17H29N3O/c1-5-17(6-2,7-3)13-19-16(18)20-15-11-9-8-10-14(15)12-21-4/h8-11H,5-7,12-13H2,1-4H3,(H3,18,19,20). The molecular formula is C17H29N3O. The number of hydrogen-bond acceptors (Lipinski definition) is 2. The Bertz CT molecular complexity index is 445. The van der Waals surface area contributed by atoms with Crippen molar-refractivity contribution in [2.45, 2.75) is 46.6 Å². The molecule has 0 aliphatic heterocycles. The SMILES string of the molecule is CCC(CC)(CC)CN=C(N)Nc1ccccc1COC. The third-order valence-corrected chi connectivity index (χ3v) is 4.41. The third kappa shape index (κ3) is 5.05. The lowest BCUT2D eigenvalue weighted by Gasteiger charge is -2.28. The molecule has 0 saturated heterocycles. The second kappa shape index (κ2) is 8.67. The topological polar surface area (TPSA) is 59.6 Å². The third-order valence-electron chi connectivity index (χ3n) is 4.41. The van der Waals surface area contributed by atoms with Crippen molar-refractivity contribution in [3.8, 4) is 0 Å². The summed E-state index contributed by atoms with van der Waals surface area (Å²) in [5.74, 6) is 0.471. The molecule has 3 N–H and O–H groups in total. The monoisotopic (exact) mass is 291 g/mol. The summed E-state index contributed by atoms with van der Waals surface area (Å²) in [5.41, 5.74) is 8.33. The molecule has 4 heteroatoms. The number of nitrogens with one attached hydrogen (secondary N) is 1. The Balaban J connectivity index is 2.76. The van der Waals surface area contributed by atoms with Gasteiger partial charge in [0.15, 0.2) is 5.96 Å². The Kier molecular flexibility index (Phi) is 7.23. The molecule has 0 aromatic heterocycles. The average Bonchev–Trinajstić information content (AvgIpc) is 2.51. The molecule has 0 aliphatic carbocycles. The van der Waals surface area contributed by atoms with Crippen LogP contribution in [0.5, 0.6) is 0 Å². The molecule has 0 spiro atoms. The van der Waals surface area contributed by atoms with Crippen molar-refractivity contribution in [2.24, 2.45) is 16.1 Å². The van der Waals surface area contributed by atoms with Crippen LogP contribution in [0.2, 0.25) is 0 Å². The molecular weight excluding hydrogens is 262 g/mol. The number of anilines is 1. The van der Waals surface area contributed by atoms with Crippen LogP contribution in [0.4, 0.5) is 5.69 Å². The smallest absolute Gasteiger partial charge is 0.193 e. The van der Waals surface area contributed by atoms with E-state index < -0.39 is 0 Å². The van der Waals surface area contributed by atoms with E-state index in [1.54, 1.807) is 7.11 Å². The van der Waals surface area contributed by atoms with Gasteiger partial charge in [0.25, 0.3) is 0 Å². The maximum Gasteiger partial charge on any atom is 0.193 e. The van der Waals surface area contributed by atoms with Gasteiger partial charge in [0.05, 0.1) is 6.61 Å².